The fraction of sp³-hybridized carbons (Fsp3) is 0.676. The minimum absolute atomic E-state index is 0.147. The van der Waals surface area contributed by atoms with E-state index in [1.54, 1.807) is 0 Å². The van der Waals surface area contributed by atoms with Crippen molar-refractivity contribution in [3.05, 3.63) is 60.8 Å². The van der Waals surface area contributed by atoms with Gasteiger partial charge in [-0.05, 0) is 50.9 Å². The molecule has 2 atom stereocenters. The number of carbonyl (C=O) groups is 2. The molecule has 0 radical (unpaired) electrons. The molecule has 0 aliphatic heterocycles. The minimum atomic E-state index is -0.998. The maximum Gasteiger partial charge on any atom is 0.305 e. The van der Waals surface area contributed by atoms with E-state index in [0.717, 1.165) is 50.9 Å². The van der Waals surface area contributed by atoms with Gasteiger partial charge in [0.1, 0.15) is 19.3 Å². The van der Waals surface area contributed by atoms with Gasteiger partial charge in [-0.1, -0.05) is 133 Å². The van der Waals surface area contributed by atoms with E-state index < -0.39 is 12.2 Å². The Kier molecular flexibility index (Phi) is 29.2. The van der Waals surface area contributed by atoms with Crippen molar-refractivity contribution < 1.29 is 29.3 Å². The number of rotatable bonds is 28. The van der Waals surface area contributed by atoms with E-state index in [2.05, 4.69) is 44.2 Å². The van der Waals surface area contributed by atoms with Gasteiger partial charge in [0.15, 0.2) is 0 Å². The Morgan fingerprint density at radius 3 is 1.81 bits per heavy atom. The van der Waals surface area contributed by atoms with Gasteiger partial charge in [-0.15, -0.1) is 0 Å². The van der Waals surface area contributed by atoms with Gasteiger partial charge in [-0.3, -0.25) is 9.59 Å². The van der Waals surface area contributed by atoms with Crippen molar-refractivity contribution >= 4 is 11.9 Å². The van der Waals surface area contributed by atoms with Gasteiger partial charge in [-0.25, -0.2) is 0 Å². The lowest BCUT2D eigenvalue weighted by atomic mass is 10.0. The summed E-state index contributed by atoms with van der Waals surface area (Å²) in [6, 6.07) is 0. The van der Waals surface area contributed by atoms with Crippen LogP contribution in [-0.2, 0) is 19.1 Å². The van der Waals surface area contributed by atoms with Crippen LogP contribution in [0.1, 0.15) is 130 Å². The monoisotopic (exact) mass is 602 g/mol. The smallest absolute Gasteiger partial charge is 0.305 e. The molecule has 6 nitrogen and oxygen atoms in total. The van der Waals surface area contributed by atoms with Gasteiger partial charge in [0, 0.05) is 12.8 Å². The van der Waals surface area contributed by atoms with E-state index in [9.17, 15) is 19.8 Å². The first-order valence-electron chi connectivity index (χ1n) is 16.8. The summed E-state index contributed by atoms with van der Waals surface area (Å²) >= 11 is 0. The molecule has 43 heavy (non-hydrogen) atoms. The predicted octanol–water partition coefficient (Wildman–Crippen LogP) is 8.88. The Hall–Kier alpha value is -2.44. The number of carbonyl (C=O) groups excluding carboxylic acids is 2. The van der Waals surface area contributed by atoms with Crippen LogP contribution in [0.5, 0.6) is 0 Å². The van der Waals surface area contributed by atoms with Crippen molar-refractivity contribution in [1.82, 2.24) is 0 Å². The summed E-state index contributed by atoms with van der Waals surface area (Å²) in [6.07, 6.45) is 34.8. The highest BCUT2D eigenvalue weighted by Gasteiger charge is 2.12. The molecule has 1 unspecified atom stereocenters. The number of hydrogen-bond acceptors (Lipinski definition) is 6. The van der Waals surface area contributed by atoms with E-state index >= 15 is 0 Å². The second kappa shape index (κ2) is 31.0. The van der Waals surface area contributed by atoms with Crippen LogP contribution in [0.3, 0.4) is 0 Å². The Morgan fingerprint density at radius 1 is 0.651 bits per heavy atom. The average Bonchev–Trinajstić information content (AvgIpc) is 2.98. The Bertz CT molecular complexity index is 808. The van der Waals surface area contributed by atoms with Gasteiger partial charge in [0.2, 0.25) is 0 Å². The molecule has 0 heterocycles. The number of allylic oxidation sites excluding steroid dienone is 8. The predicted molar refractivity (Wildman–Crippen MR) is 179 cm³/mol. The topological polar surface area (TPSA) is 93.1 Å². The number of hydrogen-bond donors (Lipinski definition) is 2. The number of unbranched alkanes of at least 4 members (excludes halogenated alkanes) is 8. The second-order valence-electron chi connectivity index (χ2n) is 11.6. The van der Waals surface area contributed by atoms with E-state index in [1.165, 1.54) is 38.5 Å². The maximum absolute atomic E-state index is 11.9. The number of esters is 2. The lowest BCUT2D eigenvalue weighted by Gasteiger charge is -2.12. The summed E-state index contributed by atoms with van der Waals surface area (Å²) in [6.45, 7) is 6.28. The first-order valence-corrected chi connectivity index (χ1v) is 16.8. The van der Waals surface area contributed by atoms with Gasteiger partial charge in [-0.2, -0.15) is 0 Å². The first kappa shape index (κ1) is 40.6. The SMILES string of the molecule is CC/C=C\C(O)C/C=C/C=C\C/C=C\C/C=C\CCCC(=O)OC[C@H](O)COC(=O)CCCCCCCCCCC(C)C. The third-order valence-corrected chi connectivity index (χ3v) is 6.77. The second-order valence-corrected chi connectivity index (χ2v) is 11.6. The third-order valence-electron chi connectivity index (χ3n) is 6.77. The fourth-order valence-electron chi connectivity index (χ4n) is 4.21. The zero-order chi connectivity index (χ0) is 31.8. The highest BCUT2D eigenvalue weighted by Crippen LogP contribution is 2.13. The van der Waals surface area contributed by atoms with Gasteiger partial charge >= 0.3 is 11.9 Å². The van der Waals surface area contributed by atoms with Crippen LogP contribution >= 0.6 is 0 Å². The van der Waals surface area contributed by atoms with Gasteiger partial charge < -0.3 is 19.7 Å². The zero-order valence-corrected chi connectivity index (χ0v) is 27.5. The molecule has 0 aromatic carbocycles. The molecular formula is C37H62O6. The number of ether oxygens (including phenoxy) is 2. The van der Waals surface area contributed by atoms with Crippen molar-refractivity contribution in [2.24, 2.45) is 5.92 Å². The molecule has 0 aromatic heterocycles. The minimum Gasteiger partial charge on any atom is -0.463 e. The largest absolute Gasteiger partial charge is 0.463 e. The average molecular weight is 603 g/mol. The maximum atomic E-state index is 11.9. The summed E-state index contributed by atoms with van der Waals surface area (Å²) < 4.78 is 10.2. The van der Waals surface area contributed by atoms with Crippen LogP contribution in [0.25, 0.3) is 0 Å². The summed E-state index contributed by atoms with van der Waals surface area (Å²) in [4.78, 5) is 23.8. The molecule has 0 bridgehead atoms. The molecule has 0 aliphatic carbocycles. The van der Waals surface area contributed by atoms with Crippen molar-refractivity contribution in [1.29, 1.82) is 0 Å². The van der Waals surface area contributed by atoms with Crippen LogP contribution in [0, 0.1) is 5.92 Å². The zero-order valence-electron chi connectivity index (χ0n) is 27.5. The molecule has 0 aliphatic rings. The molecule has 0 fully saturated rings. The quantitative estimate of drug-likeness (QED) is 0.0402. The standard InChI is InChI=1S/C37H62O6/c1-4-5-27-34(38)28-23-19-15-10-8-6-7-9-11-16-20-24-29-36(40)42-31-35(39)32-43-37(41)30-25-21-17-13-12-14-18-22-26-33(2)3/h5-7,10-11,15-16,19,23,27,33-35,38-39H,4,8-9,12-14,17-18,20-22,24-26,28-32H2,1-3H3/b7-6-,15-10-,16-11-,23-19+,27-5-/t34?,35-/m0/s1. The van der Waals surface area contributed by atoms with E-state index in [1.807, 2.05) is 37.3 Å². The van der Waals surface area contributed by atoms with Gasteiger partial charge in [0.25, 0.3) is 0 Å². The highest BCUT2D eigenvalue weighted by molar-refractivity contribution is 5.69. The summed E-state index contributed by atoms with van der Waals surface area (Å²) in [5, 5.41) is 19.6. The lowest BCUT2D eigenvalue weighted by Crippen LogP contribution is -2.25. The lowest BCUT2D eigenvalue weighted by molar-refractivity contribution is -0.152. The molecule has 0 saturated carbocycles. The van der Waals surface area contributed by atoms with Crippen molar-refractivity contribution in [3.8, 4) is 0 Å². The van der Waals surface area contributed by atoms with Crippen LogP contribution in [0.2, 0.25) is 0 Å². The van der Waals surface area contributed by atoms with E-state index in [0.29, 0.717) is 19.3 Å². The Labute approximate surface area is 263 Å². The molecule has 246 valence electrons. The van der Waals surface area contributed by atoms with Crippen LogP contribution < -0.4 is 0 Å². The molecule has 6 heteroatoms. The van der Waals surface area contributed by atoms with Crippen LogP contribution in [-0.4, -0.2) is 47.6 Å². The van der Waals surface area contributed by atoms with E-state index in [4.69, 9.17) is 9.47 Å². The fourth-order valence-corrected chi connectivity index (χ4v) is 4.21. The third kappa shape index (κ3) is 32.3. The summed E-state index contributed by atoms with van der Waals surface area (Å²) in [5.41, 5.74) is 0. The Morgan fingerprint density at radius 2 is 1.19 bits per heavy atom. The first-order chi connectivity index (χ1) is 20.8. The molecule has 0 spiro atoms. The Balaban J connectivity index is 3.64. The molecule has 2 N–H and O–H groups in total. The summed E-state index contributed by atoms with van der Waals surface area (Å²) in [5.74, 6) is 0.136. The molecular weight excluding hydrogens is 540 g/mol. The number of aliphatic hydroxyl groups excluding tert-OH is 2. The number of aliphatic hydroxyl groups is 2. The molecule has 0 aromatic rings. The normalized spacial score (nSPS) is 13.8. The summed E-state index contributed by atoms with van der Waals surface area (Å²) in [7, 11) is 0. The van der Waals surface area contributed by atoms with Crippen LogP contribution in [0.15, 0.2) is 60.8 Å². The van der Waals surface area contributed by atoms with Crippen LogP contribution in [0.4, 0.5) is 0 Å². The molecule has 0 rings (SSSR count). The highest BCUT2D eigenvalue weighted by atomic mass is 16.6. The van der Waals surface area contributed by atoms with Gasteiger partial charge in [0.05, 0.1) is 6.10 Å². The molecule has 0 saturated heterocycles. The van der Waals surface area contributed by atoms with Crippen molar-refractivity contribution in [2.75, 3.05) is 13.2 Å². The van der Waals surface area contributed by atoms with Crippen molar-refractivity contribution in [3.63, 3.8) is 0 Å². The molecule has 0 amide bonds. The van der Waals surface area contributed by atoms with E-state index in [-0.39, 0.29) is 31.6 Å². The van der Waals surface area contributed by atoms with Crippen molar-refractivity contribution in [2.45, 2.75) is 142 Å².